The Hall–Kier alpha value is -1.46. The van der Waals surface area contributed by atoms with E-state index in [1.165, 1.54) is 0 Å². The third kappa shape index (κ3) is 2.35. The van der Waals surface area contributed by atoms with E-state index in [0.29, 0.717) is 25.3 Å². The zero-order valence-corrected chi connectivity index (χ0v) is 11.1. The van der Waals surface area contributed by atoms with Gasteiger partial charge in [-0.1, -0.05) is 0 Å². The fourth-order valence-corrected chi connectivity index (χ4v) is 2.77. The van der Waals surface area contributed by atoms with Crippen molar-refractivity contribution in [2.24, 2.45) is 0 Å². The van der Waals surface area contributed by atoms with E-state index >= 15 is 0 Å². The summed E-state index contributed by atoms with van der Waals surface area (Å²) in [6.45, 7) is 4.36. The maximum absolute atomic E-state index is 12.5. The fourth-order valence-electron chi connectivity index (χ4n) is 2.77. The van der Waals surface area contributed by atoms with Crippen LogP contribution in [-0.2, 0) is 9.47 Å². The molecule has 2 aliphatic heterocycles. The molecule has 1 amide bonds. The maximum Gasteiger partial charge on any atom is 0.255 e. The van der Waals surface area contributed by atoms with Crippen LogP contribution in [0.15, 0.2) is 18.3 Å². The van der Waals surface area contributed by atoms with Gasteiger partial charge in [0.25, 0.3) is 5.91 Å². The second-order valence-corrected chi connectivity index (χ2v) is 5.07. The number of rotatable bonds is 1. The molecule has 2 saturated heterocycles. The number of carbonyl (C=O) groups excluding carboxylic acids is 1. The van der Waals surface area contributed by atoms with Crippen LogP contribution in [0.5, 0.6) is 0 Å². The monoisotopic (exact) mass is 262 g/mol. The van der Waals surface area contributed by atoms with Crippen LogP contribution in [0, 0.1) is 6.92 Å². The van der Waals surface area contributed by atoms with Gasteiger partial charge < -0.3 is 14.4 Å². The molecule has 3 rings (SSSR count). The largest absolute Gasteiger partial charge is 0.346 e. The minimum atomic E-state index is -0.565. The van der Waals surface area contributed by atoms with Gasteiger partial charge in [-0.15, -0.1) is 0 Å². The first-order chi connectivity index (χ1) is 9.20. The van der Waals surface area contributed by atoms with E-state index in [1.54, 1.807) is 12.3 Å². The van der Waals surface area contributed by atoms with Crippen LogP contribution < -0.4 is 0 Å². The van der Waals surface area contributed by atoms with E-state index in [0.717, 1.165) is 25.1 Å². The molecule has 0 aliphatic carbocycles. The van der Waals surface area contributed by atoms with Crippen LogP contribution in [0.4, 0.5) is 0 Å². The SMILES string of the molecule is Cc1ncccc1C(=O)N1CCCC2(C1)OCCO2. The van der Waals surface area contributed by atoms with Gasteiger partial charge in [-0.3, -0.25) is 9.78 Å². The standard InChI is InChI=1S/C14H18N2O3/c1-11-12(4-2-6-15-11)13(17)16-7-3-5-14(10-16)18-8-9-19-14/h2,4,6H,3,5,7-10H2,1H3. The minimum Gasteiger partial charge on any atom is -0.346 e. The molecule has 0 N–H and O–H groups in total. The van der Waals surface area contributed by atoms with E-state index in [1.807, 2.05) is 17.9 Å². The summed E-state index contributed by atoms with van der Waals surface area (Å²) in [4.78, 5) is 18.5. The highest BCUT2D eigenvalue weighted by molar-refractivity contribution is 5.95. The Kier molecular flexibility index (Phi) is 3.24. The summed E-state index contributed by atoms with van der Waals surface area (Å²) in [6.07, 6.45) is 3.47. The average molecular weight is 262 g/mol. The number of aromatic nitrogens is 1. The molecule has 0 saturated carbocycles. The van der Waals surface area contributed by atoms with Crippen molar-refractivity contribution in [1.29, 1.82) is 0 Å². The van der Waals surface area contributed by atoms with Gasteiger partial charge in [0.1, 0.15) is 0 Å². The molecule has 1 aromatic rings. The number of pyridine rings is 1. The molecule has 2 aliphatic rings. The first kappa shape index (κ1) is 12.6. The Morgan fingerprint density at radius 3 is 2.95 bits per heavy atom. The number of nitrogens with zero attached hydrogens (tertiary/aromatic N) is 2. The van der Waals surface area contributed by atoms with Crippen molar-refractivity contribution in [3.05, 3.63) is 29.6 Å². The second-order valence-electron chi connectivity index (χ2n) is 5.07. The average Bonchev–Trinajstić information content (AvgIpc) is 2.86. The molecule has 0 atom stereocenters. The molecule has 0 bridgehead atoms. The summed E-state index contributed by atoms with van der Waals surface area (Å²) < 4.78 is 11.4. The fraction of sp³-hybridized carbons (Fsp3) is 0.571. The lowest BCUT2D eigenvalue weighted by Crippen LogP contribution is -2.51. The second kappa shape index (κ2) is 4.90. The highest BCUT2D eigenvalue weighted by atomic mass is 16.7. The first-order valence-electron chi connectivity index (χ1n) is 6.69. The van der Waals surface area contributed by atoms with Crippen LogP contribution >= 0.6 is 0 Å². The van der Waals surface area contributed by atoms with Gasteiger partial charge in [-0.05, 0) is 25.5 Å². The van der Waals surface area contributed by atoms with Crippen molar-refractivity contribution < 1.29 is 14.3 Å². The molecule has 1 spiro atoms. The van der Waals surface area contributed by atoms with Crippen molar-refractivity contribution in [2.45, 2.75) is 25.6 Å². The summed E-state index contributed by atoms with van der Waals surface area (Å²) in [7, 11) is 0. The number of amides is 1. The van der Waals surface area contributed by atoms with Crippen LogP contribution in [0.2, 0.25) is 0 Å². The molecule has 102 valence electrons. The number of hydrogen-bond donors (Lipinski definition) is 0. The van der Waals surface area contributed by atoms with Crippen molar-refractivity contribution in [3.63, 3.8) is 0 Å². The van der Waals surface area contributed by atoms with E-state index in [4.69, 9.17) is 9.47 Å². The highest BCUT2D eigenvalue weighted by Crippen LogP contribution is 2.30. The molecule has 5 nitrogen and oxygen atoms in total. The number of carbonyl (C=O) groups is 1. The van der Waals surface area contributed by atoms with Crippen LogP contribution in [-0.4, -0.2) is 47.9 Å². The zero-order valence-electron chi connectivity index (χ0n) is 11.1. The van der Waals surface area contributed by atoms with Gasteiger partial charge in [0, 0.05) is 24.9 Å². The van der Waals surface area contributed by atoms with Gasteiger partial charge >= 0.3 is 0 Å². The van der Waals surface area contributed by atoms with Gasteiger partial charge in [-0.25, -0.2) is 0 Å². The summed E-state index contributed by atoms with van der Waals surface area (Å²) in [5, 5.41) is 0. The lowest BCUT2D eigenvalue weighted by atomic mass is 10.0. The van der Waals surface area contributed by atoms with Gasteiger partial charge in [0.2, 0.25) is 0 Å². The summed E-state index contributed by atoms with van der Waals surface area (Å²) in [5.74, 6) is -0.548. The van der Waals surface area contributed by atoms with Crippen molar-refractivity contribution in [3.8, 4) is 0 Å². The zero-order chi connectivity index (χ0) is 13.3. The quantitative estimate of drug-likeness (QED) is 0.767. The Labute approximate surface area is 112 Å². The highest BCUT2D eigenvalue weighted by Gasteiger charge is 2.42. The molecule has 3 heterocycles. The Bertz CT molecular complexity index is 483. The van der Waals surface area contributed by atoms with E-state index in [2.05, 4.69) is 4.98 Å². The van der Waals surface area contributed by atoms with Gasteiger partial charge in [0.05, 0.1) is 25.3 Å². The molecular formula is C14H18N2O3. The Balaban J connectivity index is 1.78. The van der Waals surface area contributed by atoms with Crippen molar-refractivity contribution in [1.82, 2.24) is 9.88 Å². The van der Waals surface area contributed by atoms with Crippen LogP contribution in [0.3, 0.4) is 0 Å². The third-order valence-corrected chi connectivity index (χ3v) is 3.76. The predicted molar refractivity (Wildman–Crippen MR) is 68.7 cm³/mol. The predicted octanol–water partition coefficient (Wildman–Crippen LogP) is 1.37. The lowest BCUT2D eigenvalue weighted by molar-refractivity contribution is -0.183. The Morgan fingerprint density at radius 1 is 1.42 bits per heavy atom. The van der Waals surface area contributed by atoms with Gasteiger partial charge in [0.15, 0.2) is 5.79 Å². The van der Waals surface area contributed by atoms with Crippen molar-refractivity contribution in [2.75, 3.05) is 26.3 Å². The number of hydrogen-bond acceptors (Lipinski definition) is 4. The summed E-state index contributed by atoms with van der Waals surface area (Å²) in [5.41, 5.74) is 1.43. The van der Waals surface area contributed by atoms with Crippen molar-refractivity contribution >= 4 is 5.91 Å². The number of ether oxygens (including phenoxy) is 2. The number of piperidine rings is 1. The topological polar surface area (TPSA) is 51.7 Å². The first-order valence-corrected chi connectivity index (χ1v) is 6.69. The molecule has 0 unspecified atom stereocenters. The van der Waals surface area contributed by atoms with E-state index < -0.39 is 5.79 Å². The minimum absolute atomic E-state index is 0.0174. The number of likely N-dealkylation sites (tertiary alicyclic amines) is 1. The molecule has 0 aromatic carbocycles. The van der Waals surface area contributed by atoms with E-state index in [-0.39, 0.29) is 5.91 Å². The molecule has 5 heteroatoms. The smallest absolute Gasteiger partial charge is 0.255 e. The summed E-state index contributed by atoms with van der Waals surface area (Å²) in [6, 6.07) is 3.62. The normalized spacial score (nSPS) is 21.8. The summed E-state index contributed by atoms with van der Waals surface area (Å²) >= 11 is 0. The molecule has 19 heavy (non-hydrogen) atoms. The maximum atomic E-state index is 12.5. The lowest BCUT2D eigenvalue weighted by Gasteiger charge is -2.38. The molecule has 0 radical (unpaired) electrons. The molecule has 2 fully saturated rings. The number of aryl methyl sites for hydroxylation is 1. The Morgan fingerprint density at radius 2 is 2.21 bits per heavy atom. The van der Waals surface area contributed by atoms with Crippen LogP contribution in [0.25, 0.3) is 0 Å². The molecular weight excluding hydrogens is 244 g/mol. The van der Waals surface area contributed by atoms with Gasteiger partial charge in [-0.2, -0.15) is 0 Å². The molecule has 1 aromatic heterocycles. The third-order valence-electron chi connectivity index (χ3n) is 3.76. The van der Waals surface area contributed by atoms with E-state index in [9.17, 15) is 4.79 Å². The van der Waals surface area contributed by atoms with Crippen LogP contribution in [0.1, 0.15) is 28.9 Å².